The van der Waals surface area contributed by atoms with Crippen LogP contribution >= 0.6 is 11.3 Å². The largest absolute Gasteiger partial charge is 0.465 e. The summed E-state index contributed by atoms with van der Waals surface area (Å²) in [7, 11) is 1.25. The van der Waals surface area contributed by atoms with E-state index in [1.54, 1.807) is 0 Å². The molecule has 2 rings (SSSR count). The van der Waals surface area contributed by atoms with Crippen molar-refractivity contribution < 1.29 is 23.1 Å². The smallest absolute Gasteiger partial charge is 0.348 e. The van der Waals surface area contributed by atoms with Crippen LogP contribution in [-0.2, 0) is 4.74 Å². The summed E-state index contributed by atoms with van der Waals surface area (Å²) in [6.45, 7) is -0.561. The number of hydrogen-bond acceptors (Lipinski definition) is 4. The van der Waals surface area contributed by atoms with Crippen molar-refractivity contribution in [2.45, 2.75) is 25.3 Å². The first-order valence-electron chi connectivity index (χ1n) is 5.80. The first-order valence-corrected chi connectivity index (χ1v) is 6.62. The zero-order valence-corrected chi connectivity index (χ0v) is 11.1. The molecule has 1 fully saturated rings. The number of carbonyl (C=O) groups excluding carboxylic acids is 2. The Labute approximate surface area is 113 Å². The number of carbonyl (C=O) groups is 2. The Morgan fingerprint density at radius 2 is 2.05 bits per heavy atom. The summed E-state index contributed by atoms with van der Waals surface area (Å²) in [6, 6.07) is 2.85. The number of thiophene rings is 1. The van der Waals surface area contributed by atoms with E-state index in [1.807, 2.05) is 0 Å². The molecule has 7 heteroatoms. The second-order valence-electron chi connectivity index (χ2n) is 4.24. The van der Waals surface area contributed by atoms with Gasteiger partial charge in [-0.15, -0.1) is 11.3 Å². The predicted molar refractivity (Wildman–Crippen MR) is 65.7 cm³/mol. The maximum Gasteiger partial charge on any atom is 0.348 e. The number of alkyl halides is 2. The van der Waals surface area contributed by atoms with Crippen molar-refractivity contribution in [1.29, 1.82) is 0 Å². The van der Waals surface area contributed by atoms with Gasteiger partial charge in [-0.3, -0.25) is 4.79 Å². The summed E-state index contributed by atoms with van der Waals surface area (Å²) >= 11 is 0.964. The van der Waals surface area contributed by atoms with Gasteiger partial charge >= 0.3 is 5.97 Å². The highest BCUT2D eigenvalue weighted by molar-refractivity contribution is 7.15. The molecule has 1 saturated carbocycles. The van der Waals surface area contributed by atoms with Crippen LogP contribution in [0.2, 0.25) is 0 Å². The summed E-state index contributed by atoms with van der Waals surface area (Å²) in [6.07, 6.45) is -1.04. The molecule has 0 aromatic carbocycles. The van der Waals surface area contributed by atoms with Crippen molar-refractivity contribution in [3.05, 3.63) is 21.9 Å². The van der Waals surface area contributed by atoms with Gasteiger partial charge in [-0.1, -0.05) is 0 Å². The Morgan fingerprint density at radius 1 is 1.42 bits per heavy atom. The topological polar surface area (TPSA) is 46.6 Å². The highest BCUT2D eigenvalue weighted by atomic mass is 32.1. The molecular formula is C12H13F2NO3S. The lowest BCUT2D eigenvalue weighted by molar-refractivity contribution is 0.0538. The minimum Gasteiger partial charge on any atom is -0.465 e. The normalized spacial score (nSPS) is 14.5. The number of amides is 1. The molecule has 1 aliphatic rings. The van der Waals surface area contributed by atoms with Gasteiger partial charge in [-0.2, -0.15) is 0 Å². The Kier molecular flexibility index (Phi) is 4.14. The number of esters is 1. The van der Waals surface area contributed by atoms with Crippen molar-refractivity contribution in [1.82, 2.24) is 4.90 Å². The zero-order chi connectivity index (χ0) is 14.0. The molecule has 0 atom stereocenters. The second kappa shape index (κ2) is 5.64. The van der Waals surface area contributed by atoms with Crippen LogP contribution in [0.1, 0.15) is 32.2 Å². The minimum absolute atomic E-state index is 0.0924. The monoisotopic (exact) mass is 289 g/mol. The number of methoxy groups -OCH3 is 1. The summed E-state index contributed by atoms with van der Waals surface area (Å²) in [5.41, 5.74) is 0. The van der Waals surface area contributed by atoms with Crippen LogP contribution in [0.25, 0.3) is 0 Å². The van der Waals surface area contributed by atoms with Crippen LogP contribution in [0.3, 0.4) is 0 Å². The summed E-state index contributed by atoms with van der Waals surface area (Å²) in [5.74, 6) is -0.973. The molecule has 1 amide bonds. The van der Waals surface area contributed by atoms with Crippen molar-refractivity contribution in [3.63, 3.8) is 0 Å². The Morgan fingerprint density at radius 3 is 2.58 bits per heavy atom. The van der Waals surface area contributed by atoms with Gasteiger partial charge in [0.25, 0.3) is 12.3 Å². The zero-order valence-electron chi connectivity index (χ0n) is 10.3. The van der Waals surface area contributed by atoms with Crippen LogP contribution in [-0.4, -0.2) is 42.9 Å². The van der Waals surface area contributed by atoms with E-state index in [4.69, 9.17) is 0 Å². The van der Waals surface area contributed by atoms with Crippen molar-refractivity contribution >= 4 is 23.2 Å². The lowest BCUT2D eigenvalue weighted by Crippen LogP contribution is -2.36. The number of rotatable bonds is 5. The lowest BCUT2D eigenvalue weighted by Gasteiger charge is -2.21. The first kappa shape index (κ1) is 13.9. The van der Waals surface area contributed by atoms with Crippen LogP contribution in [0.15, 0.2) is 12.1 Å². The fourth-order valence-corrected chi connectivity index (χ4v) is 2.62. The third-order valence-electron chi connectivity index (χ3n) is 2.79. The number of ether oxygens (including phenoxy) is 1. The highest BCUT2D eigenvalue weighted by Gasteiger charge is 2.35. The van der Waals surface area contributed by atoms with Gasteiger partial charge in [0.2, 0.25) is 0 Å². The molecule has 0 unspecified atom stereocenters. The molecular weight excluding hydrogens is 276 g/mol. The van der Waals surface area contributed by atoms with E-state index < -0.39 is 24.8 Å². The molecule has 1 aromatic heterocycles. The maximum atomic E-state index is 12.5. The molecule has 0 aliphatic heterocycles. The fraction of sp³-hybridized carbons (Fsp3) is 0.500. The SMILES string of the molecule is COC(=O)c1ccc(C(=O)N(CC(F)F)C2CC2)s1. The molecule has 0 N–H and O–H groups in total. The van der Waals surface area contributed by atoms with E-state index >= 15 is 0 Å². The summed E-state index contributed by atoms with van der Waals surface area (Å²) in [4.78, 5) is 25.2. The van der Waals surface area contributed by atoms with Gasteiger partial charge in [0, 0.05) is 6.04 Å². The number of nitrogens with zero attached hydrogens (tertiary/aromatic N) is 1. The standard InChI is InChI=1S/C12H13F2NO3S/c1-18-12(17)9-5-4-8(19-9)11(16)15(6-10(13)14)7-2-3-7/h4-5,7,10H,2-3,6H2,1H3. The van der Waals surface area contributed by atoms with Gasteiger partial charge in [-0.25, -0.2) is 13.6 Å². The Hall–Kier alpha value is -1.50. The van der Waals surface area contributed by atoms with E-state index in [1.165, 1.54) is 24.1 Å². The van der Waals surface area contributed by atoms with Crippen molar-refractivity contribution in [2.75, 3.05) is 13.7 Å². The minimum atomic E-state index is -2.55. The molecule has 4 nitrogen and oxygen atoms in total. The van der Waals surface area contributed by atoms with E-state index in [0.717, 1.165) is 24.2 Å². The molecule has 1 aliphatic carbocycles. The molecule has 0 saturated heterocycles. The van der Waals surface area contributed by atoms with Crippen molar-refractivity contribution in [2.24, 2.45) is 0 Å². The average Bonchev–Trinajstić information content (AvgIpc) is 3.10. The molecule has 0 spiro atoms. The second-order valence-corrected chi connectivity index (χ2v) is 5.32. The van der Waals surface area contributed by atoms with Crippen molar-refractivity contribution in [3.8, 4) is 0 Å². The molecule has 1 aromatic rings. The van der Waals surface area contributed by atoms with E-state index in [-0.39, 0.29) is 10.9 Å². The average molecular weight is 289 g/mol. The van der Waals surface area contributed by atoms with Crippen LogP contribution in [0, 0.1) is 0 Å². The summed E-state index contributed by atoms with van der Waals surface area (Å²) in [5, 5.41) is 0. The van der Waals surface area contributed by atoms with Gasteiger partial charge in [-0.05, 0) is 25.0 Å². The van der Waals surface area contributed by atoms with Gasteiger partial charge in [0.1, 0.15) is 4.88 Å². The highest BCUT2D eigenvalue weighted by Crippen LogP contribution is 2.30. The third-order valence-corrected chi connectivity index (χ3v) is 3.84. The molecule has 0 radical (unpaired) electrons. The molecule has 1 heterocycles. The molecule has 19 heavy (non-hydrogen) atoms. The lowest BCUT2D eigenvalue weighted by atomic mass is 10.3. The van der Waals surface area contributed by atoms with E-state index in [2.05, 4.69) is 4.74 Å². The fourth-order valence-electron chi connectivity index (χ4n) is 1.74. The van der Waals surface area contributed by atoms with Crippen LogP contribution in [0.5, 0.6) is 0 Å². The maximum absolute atomic E-state index is 12.5. The quantitative estimate of drug-likeness (QED) is 0.782. The van der Waals surface area contributed by atoms with Gasteiger partial charge in [0.15, 0.2) is 0 Å². The molecule has 104 valence electrons. The predicted octanol–water partition coefficient (Wildman–Crippen LogP) is 2.40. The third kappa shape index (κ3) is 3.28. The Bertz CT molecular complexity index is 485. The van der Waals surface area contributed by atoms with E-state index in [0.29, 0.717) is 4.88 Å². The summed E-state index contributed by atoms with van der Waals surface area (Å²) < 4.78 is 29.5. The number of hydrogen-bond donors (Lipinski definition) is 0. The van der Waals surface area contributed by atoms with Crippen LogP contribution < -0.4 is 0 Å². The molecule has 0 bridgehead atoms. The van der Waals surface area contributed by atoms with Gasteiger partial charge < -0.3 is 9.64 Å². The van der Waals surface area contributed by atoms with E-state index in [9.17, 15) is 18.4 Å². The van der Waals surface area contributed by atoms with Gasteiger partial charge in [0.05, 0.1) is 18.5 Å². The van der Waals surface area contributed by atoms with Crippen LogP contribution in [0.4, 0.5) is 8.78 Å². The first-order chi connectivity index (χ1) is 9.02. The number of halogens is 2. The Balaban J connectivity index is 2.12.